The van der Waals surface area contributed by atoms with Gasteiger partial charge in [-0.15, -0.1) is 5.10 Å². The van der Waals surface area contributed by atoms with Gasteiger partial charge in [0.1, 0.15) is 11.4 Å². The van der Waals surface area contributed by atoms with E-state index in [9.17, 15) is 9.59 Å². The maximum atomic E-state index is 16.3. The van der Waals surface area contributed by atoms with Crippen LogP contribution in [0.4, 0.5) is 15.9 Å². The van der Waals surface area contributed by atoms with Crippen molar-refractivity contribution in [1.82, 2.24) is 34.8 Å². The molecular weight excluding hydrogens is 653 g/mol. The lowest BCUT2D eigenvalue weighted by Gasteiger charge is -2.35. The van der Waals surface area contributed by atoms with Gasteiger partial charge >= 0.3 is 0 Å². The fraction of sp³-hybridized carbons (Fsp3) is 0.324. The molecule has 0 unspecified atom stereocenters. The number of halogens is 1. The third-order valence-electron chi connectivity index (χ3n) is 9.04. The highest BCUT2D eigenvalue weighted by atomic mass is 19.1. The first-order valence-electron chi connectivity index (χ1n) is 16.9. The number of methoxy groups -OCH3 is 2. The molecule has 1 fully saturated rings. The van der Waals surface area contributed by atoms with Crippen LogP contribution in [0.5, 0.6) is 11.5 Å². The van der Waals surface area contributed by atoms with Crippen LogP contribution < -0.4 is 20.1 Å². The standard InChI is InChI=1S/C32H33FN6O4.C5H9N3/c1-42-27-6-3-9-35-31(27)38-11-13-39(14-12-38)32(41)26-17-25-24(22-8-7-21(34)15-28(22)43-2)16-23(29(33)30(25)36-26)20-5-4-10-37(18-20)19-40;1-2-4-8-5-3-6-7-8/h3,5-9,15-17,19,36H,4,10-14,18,34H2,1-2H3;3,5H,2,4H2,1H3. The van der Waals surface area contributed by atoms with Gasteiger partial charge in [0.15, 0.2) is 17.4 Å². The van der Waals surface area contributed by atoms with Gasteiger partial charge in [-0.1, -0.05) is 18.2 Å². The summed E-state index contributed by atoms with van der Waals surface area (Å²) >= 11 is 0. The van der Waals surface area contributed by atoms with Crippen LogP contribution in [0, 0.1) is 5.82 Å². The van der Waals surface area contributed by atoms with Crippen molar-refractivity contribution < 1.29 is 23.5 Å². The van der Waals surface area contributed by atoms with E-state index >= 15 is 4.39 Å². The van der Waals surface area contributed by atoms with E-state index in [0.29, 0.717) is 90.5 Å². The van der Waals surface area contributed by atoms with Gasteiger partial charge in [-0.25, -0.2) is 9.37 Å². The van der Waals surface area contributed by atoms with Gasteiger partial charge in [0.25, 0.3) is 5.91 Å². The molecule has 2 aliphatic rings. The van der Waals surface area contributed by atoms with Gasteiger partial charge < -0.3 is 34.9 Å². The summed E-state index contributed by atoms with van der Waals surface area (Å²) in [5.74, 6) is 1.26. The van der Waals surface area contributed by atoms with Crippen LogP contribution >= 0.6 is 0 Å². The number of nitrogens with one attached hydrogen (secondary N) is 1. The number of hydrogen-bond acceptors (Lipinski definition) is 9. The van der Waals surface area contributed by atoms with Crippen LogP contribution in [0.15, 0.2) is 67.1 Å². The smallest absolute Gasteiger partial charge is 0.270 e. The summed E-state index contributed by atoms with van der Waals surface area (Å²) in [5.41, 5.74) is 9.54. The molecule has 2 aliphatic heterocycles. The Morgan fingerprint density at radius 2 is 1.80 bits per heavy atom. The van der Waals surface area contributed by atoms with Crippen LogP contribution in [-0.2, 0) is 11.3 Å². The van der Waals surface area contributed by atoms with E-state index in [1.54, 1.807) is 60.7 Å². The summed E-state index contributed by atoms with van der Waals surface area (Å²) in [5, 5.41) is 7.98. The van der Waals surface area contributed by atoms with Crippen molar-refractivity contribution in [2.24, 2.45) is 0 Å². The molecule has 0 saturated carbocycles. The first-order valence-corrected chi connectivity index (χ1v) is 16.9. The van der Waals surface area contributed by atoms with Crippen LogP contribution in [0.3, 0.4) is 0 Å². The van der Waals surface area contributed by atoms with Crippen molar-refractivity contribution >= 4 is 40.3 Å². The summed E-state index contributed by atoms with van der Waals surface area (Å²) in [4.78, 5) is 38.3. The molecule has 0 radical (unpaired) electrons. The normalized spacial score (nSPS) is 14.5. The number of aromatic nitrogens is 5. The second kappa shape index (κ2) is 15.7. The number of pyridine rings is 1. The molecule has 0 spiro atoms. The number of piperazine rings is 1. The molecule has 3 aromatic heterocycles. The molecular formula is C37H42FN9O4. The summed E-state index contributed by atoms with van der Waals surface area (Å²) in [7, 11) is 3.16. The fourth-order valence-corrected chi connectivity index (χ4v) is 6.47. The summed E-state index contributed by atoms with van der Waals surface area (Å²) in [6.45, 7) is 6.05. The topological polar surface area (TPSA) is 148 Å². The number of nitrogens with two attached hydrogens (primary N) is 1. The lowest BCUT2D eigenvalue weighted by Crippen LogP contribution is -2.49. The Balaban J connectivity index is 0.000000495. The largest absolute Gasteiger partial charge is 0.496 e. The summed E-state index contributed by atoms with van der Waals surface area (Å²) in [6.07, 6.45) is 9.75. The summed E-state index contributed by atoms with van der Waals surface area (Å²) in [6, 6.07) is 12.5. The van der Waals surface area contributed by atoms with Crippen molar-refractivity contribution in [2.75, 3.05) is 64.1 Å². The van der Waals surface area contributed by atoms with Gasteiger partial charge in [0.2, 0.25) is 6.41 Å². The Labute approximate surface area is 295 Å². The Kier molecular flexibility index (Phi) is 10.8. The highest BCUT2D eigenvalue weighted by Crippen LogP contribution is 2.41. The molecule has 5 heterocycles. The lowest BCUT2D eigenvalue weighted by atomic mass is 9.93. The van der Waals surface area contributed by atoms with Crippen LogP contribution in [0.2, 0.25) is 0 Å². The van der Waals surface area contributed by atoms with Crippen molar-refractivity contribution in [1.29, 1.82) is 0 Å². The predicted octanol–water partition coefficient (Wildman–Crippen LogP) is 4.86. The van der Waals surface area contributed by atoms with Gasteiger partial charge in [-0.05, 0) is 60.4 Å². The number of ether oxygens (including phenoxy) is 2. The number of aryl methyl sites for hydroxylation is 1. The van der Waals surface area contributed by atoms with Gasteiger partial charge in [0.05, 0.1) is 25.9 Å². The number of aromatic amines is 1. The Hall–Kier alpha value is -5.92. The SMILES string of the molecule is CCCn1ccnn1.COc1cc(N)ccc1-c1cc(C2=CCCN(C=O)C2)c(F)c2[nH]c(C(=O)N3CCN(c4ncccc4OC)CC3)cc12. The zero-order valence-electron chi connectivity index (χ0n) is 29.0. The quantitative estimate of drug-likeness (QED) is 0.163. The second-order valence-corrected chi connectivity index (χ2v) is 12.3. The minimum atomic E-state index is -0.474. The average molecular weight is 696 g/mol. The number of carbonyl (C=O) groups is 2. The maximum Gasteiger partial charge on any atom is 0.270 e. The van der Waals surface area contributed by atoms with E-state index in [0.717, 1.165) is 25.2 Å². The number of nitrogen functional groups attached to an aromatic ring is 1. The number of benzene rings is 2. The lowest BCUT2D eigenvalue weighted by molar-refractivity contribution is -0.117. The number of fused-ring (bicyclic) bond motifs is 1. The minimum Gasteiger partial charge on any atom is -0.496 e. The molecule has 51 heavy (non-hydrogen) atoms. The van der Waals surface area contributed by atoms with Crippen LogP contribution in [0.1, 0.15) is 35.8 Å². The monoisotopic (exact) mass is 695 g/mol. The number of H-pyrrole nitrogens is 1. The van der Waals surface area contributed by atoms with E-state index in [4.69, 9.17) is 15.2 Å². The molecule has 14 heteroatoms. The van der Waals surface area contributed by atoms with Crippen LogP contribution in [0.25, 0.3) is 27.6 Å². The predicted molar refractivity (Wildman–Crippen MR) is 194 cm³/mol. The molecule has 2 aromatic carbocycles. The Morgan fingerprint density at radius 1 is 1.00 bits per heavy atom. The zero-order valence-corrected chi connectivity index (χ0v) is 29.0. The first-order chi connectivity index (χ1) is 24.8. The molecule has 1 saturated heterocycles. The molecule has 2 amide bonds. The average Bonchev–Trinajstić information content (AvgIpc) is 3.87. The van der Waals surface area contributed by atoms with Gasteiger partial charge in [0, 0.05) is 86.5 Å². The molecule has 3 N–H and O–H groups in total. The highest BCUT2D eigenvalue weighted by molar-refractivity contribution is 6.05. The first kappa shape index (κ1) is 34.9. The van der Waals surface area contributed by atoms with Crippen molar-refractivity contribution in [3.8, 4) is 22.6 Å². The van der Waals surface area contributed by atoms with Gasteiger partial charge in [-0.2, -0.15) is 0 Å². The Bertz CT molecular complexity index is 2020. The third kappa shape index (κ3) is 7.49. The number of carbonyl (C=O) groups excluding carboxylic acids is 2. The van der Waals surface area contributed by atoms with Crippen molar-refractivity contribution in [2.45, 2.75) is 26.3 Å². The summed E-state index contributed by atoms with van der Waals surface area (Å²) < 4.78 is 29.2. The molecule has 7 rings (SSSR count). The molecule has 0 atom stereocenters. The van der Waals surface area contributed by atoms with Crippen molar-refractivity contribution in [3.05, 3.63) is 84.2 Å². The minimum absolute atomic E-state index is 0.218. The molecule has 5 aromatic rings. The maximum absolute atomic E-state index is 16.3. The number of nitrogens with zero attached hydrogens (tertiary/aromatic N) is 7. The van der Waals surface area contributed by atoms with Gasteiger partial charge in [-0.3, -0.25) is 14.3 Å². The third-order valence-corrected chi connectivity index (χ3v) is 9.04. The molecule has 13 nitrogen and oxygen atoms in total. The van der Waals surface area contributed by atoms with E-state index in [2.05, 4.69) is 32.1 Å². The fourth-order valence-electron chi connectivity index (χ4n) is 6.47. The second-order valence-electron chi connectivity index (χ2n) is 12.3. The van der Waals surface area contributed by atoms with Crippen LogP contribution in [-0.4, -0.2) is 101 Å². The van der Waals surface area contributed by atoms with E-state index in [1.165, 1.54) is 0 Å². The highest BCUT2D eigenvalue weighted by Gasteiger charge is 2.28. The molecule has 0 aliphatic carbocycles. The number of rotatable bonds is 9. The van der Waals surface area contributed by atoms with E-state index in [1.807, 2.05) is 35.2 Å². The van der Waals surface area contributed by atoms with Crippen molar-refractivity contribution in [3.63, 3.8) is 0 Å². The number of amides is 2. The molecule has 0 bridgehead atoms. The Morgan fingerprint density at radius 3 is 2.51 bits per heavy atom. The van der Waals surface area contributed by atoms with E-state index in [-0.39, 0.29) is 17.1 Å². The number of hydrogen-bond donors (Lipinski definition) is 2. The van der Waals surface area contributed by atoms with E-state index < -0.39 is 5.82 Å². The number of anilines is 2. The zero-order chi connectivity index (χ0) is 35.9. The molecule has 266 valence electrons.